The summed E-state index contributed by atoms with van der Waals surface area (Å²) in [6.07, 6.45) is 2.32. The van der Waals surface area contributed by atoms with Crippen molar-refractivity contribution in [1.29, 1.82) is 0 Å². The highest BCUT2D eigenvalue weighted by molar-refractivity contribution is 6.04. The van der Waals surface area contributed by atoms with Crippen molar-refractivity contribution in [2.45, 2.75) is 33.6 Å². The molecule has 4 heteroatoms. The van der Waals surface area contributed by atoms with E-state index >= 15 is 0 Å². The molecule has 0 radical (unpaired) electrons. The number of fused-ring (bicyclic) bond motifs is 2. The van der Waals surface area contributed by atoms with Crippen LogP contribution in [0.4, 0.5) is 4.79 Å². The van der Waals surface area contributed by atoms with E-state index in [1.807, 2.05) is 11.0 Å². The van der Waals surface area contributed by atoms with Crippen LogP contribution in [0, 0.1) is 16.7 Å². The molecule has 22 heavy (non-hydrogen) atoms. The third-order valence-corrected chi connectivity index (χ3v) is 6.15. The Balaban J connectivity index is 1.69. The number of hydrogen-bond donors (Lipinski definition) is 1. The van der Waals surface area contributed by atoms with Crippen molar-refractivity contribution in [3.05, 3.63) is 35.9 Å². The first-order chi connectivity index (χ1) is 10.3. The molecule has 2 atom stereocenters. The van der Waals surface area contributed by atoms with Gasteiger partial charge in [-0.1, -0.05) is 39.0 Å². The third kappa shape index (κ3) is 2.31. The summed E-state index contributed by atoms with van der Waals surface area (Å²) >= 11 is 0. The molecule has 1 saturated heterocycles. The minimum Gasteiger partial charge on any atom is -0.324 e. The molecule has 1 saturated carbocycles. The van der Waals surface area contributed by atoms with Crippen molar-refractivity contribution in [3.63, 3.8) is 0 Å². The molecule has 2 aliphatic rings. The molecular weight excluding hydrogens is 276 g/mol. The van der Waals surface area contributed by atoms with Crippen molar-refractivity contribution in [3.8, 4) is 0 Å². The van der Waals surface area contributed by atoms with Gasteiger partial charge in [0.1, 0.15) is 0 Å². The van der Waals surface area contributed by atoms with Gasteiger partial charge in [0.25, 0.3) is 5.91 Å². The van der Waals surface area contributed by atoms with E-state index in [2.05, 4.69) is 26.1 Å². The van der Waals surface area contributed by atoms with Crippen molar-refractivity contribution in [2.75, 3.05) is 13.1 Å². The van der Waals surface area contributed by atoms with Crippen LogP contribution in [0.5, 0.6) is 0 Å². The number of imide groups is 1. The molecule has 3 amide bonds. The number of likely N-dealkylation sites (tertiary alicyclic amines) is 1. The zero-order valence-electron chi connectivity index (χ0n) is 13.6. The summed E-state index contributed by atoms with van der Waals surface area (Å²) < 4.78 is 0. The second kappa shape index (κ2) is 5.11. The quantitative estimate of drug-likeness (QED) is 0.865. The highest BCUT2D eigenvalue weighted by atomic mass is 16.2. The van der Waals surface area contributed by atoms with Crippen LogP contribution in [0.1, 0.15) is 44.0 Å². The van der Waals surface area contributed by atoms with Gasteiger partial charge in [0.2, 0.25) is 0 Å². The van der Waals surface area contributed by atoms with Crippen LogP contribution >= 0.6 is 0 Å². The smallest absolute Gasteiger partial charge is 0.324 e. The van der Waals surface area contributed by atoms with E-state index in [0.29, 0.717) is 11.5 Å². The van der Waals surface area contributed by atoms with Crippen molar-refractivity contribution < 1.29 is 9.59 Å². The average molecular weight is 300 g/mol. The van der Waals surface area contributed by atoms with Crippen LogP contribution < -0.4 is 5.32 Å². The van der Waals surface area contributed by atoms with E-state index in [9.17, 15) is 9.59 Å². The molecule has 0 spiro atoms. The molecule has 4 nitrogen and oxygen atoms in total. The number of nitrogens with zero attached hydrogens (tertiary/aromatic N) is 1. The minimum atomic E-state index is -0.326. The van der Waals surface area contributed by atoms with Crippen LogP contribution in [-0.4, -0.2) is 29.9 Å². The molecule has 1 aliphatic heterocycles. The van der Waals surface area contributed by atoms with Crippen LogP contribution in [0.15, 0.2) is 30.3 Å². The molecule has 1 heterocycles. The van der Waals surface area contributed by atoms with Gasteiger partial charge in [-0.25, -0.2) is 4.79 Å². The Hall–Kier alpha value is -1.84. The predicted octanol–water partition coefficient (Wildman–Crippen LogP) is 3.29. The second-order valence-electron chi connectivity index (χ2n) is 7.52. The number of carbonyl (C=O) groups excluding carboxylic acids is 2. The van der Waals surface area contributed by atoms with E-state index in [0.717, 1.165) is 19.5 Å². The number of amides is 3. The molecule has 0 aromatic heterocycles. The lowest BCUT2D eigenvalue weighted by Gasteiger charge is -2.50. The summed E-state index contributed by atoms with van der Waals surface area (Å²) in [5.41, 5.74) is 0.915. The van der Waals surface area contributed by atoms with Gasteiger partial charge < -0.3 is 4.90 Å². The first-order valence-corrected chi connectivity index (χ1v) is 7.99. The SMILES string of the molecule is CC1(C)[C@@H]2CC[C@@]1(C)CN(C(=O)NC(=O)c1ccccc1)C2. The molecule has 118 valence electrons. The molecule has 1 aliphatic carbocycles. The third-order valence-electron chi connectivity index (χ3n) is 6.15. The molecular formula is C18H24N2O2. The first-order valence-electron chi connectivity index (χ1n) is 7.99. The Morgan fingerprint density at radius 3 is 2.50 bits per heavy atom. The fraction of sp³-hybridized carbons (Fsp3) is 0.556. The Bertz CT molecular complexity index is 596. The van der Waals surface area contributed by atoms with Crippen molar-refractivity contribution >= 4 is 11.9 Å². The number of urea groups is 1. The van der Waals surface area contributed by atoms with E-state index in [1.165, 1.54) is 6.42 Å². The van der Waals surface area contributed by atoms with Crippen LogP contribution in [0.25, 0.3) is 0 Å². The van der Waals surface area contributed by atoms with Gasteiger partial charge in [0.05, 0.1) is 0 Å². The molecule has 3 rings (SSSR count). The van der Waals surface area contributed by atoms with E-state index in [1.54, 1.807) is 24.3 Å². The largest absolute Gasteiger partial charge is 0.324 e. The van der Waals surface area contributed by atoms with Gasteiger partial charge in [-0.2, -0.15) is 0 Å². The highest BCUT2D eigenvalue weighted by Crippen LogP contribution is 2.58. The fourth-order valence-electron chi connectivity index (χ4n) is 4.02. The monoisotopic (exact) mass is 300 g/mol. The minimum absolute atomic E-state index is 0.142. The summed E-state index contributed by atoms with van der Waals surface area (Å²) in [5, 5.41) is 2.53. The number of piperidine rings is 1. The van der Waals surface area contributed by atoms with Gasteiger partial charge in [0.15, 0.2) is 0 Å². The van der Waals surface area contributed by atoms with Crippen molar-refractivity contribution in [2.24, 2.45) is 16.7 Å². The van der Waals surface area contributed by atoms with Gasteiger partial charge >= 0.3 is 6.03 Å². The number of rotatable bonds is 1. The normalized spacial score (nSPS) is 29.2. The number of carbonyl (C=O) groups is 2. The topological polar surface area (TPSA) is 49.4 Å². The van der Waals surface area contributed by atoms with Crippen LogP contribution in [0.3, 0.4) is 0 Å². The fourth-order valence-corrected chi connectivity index (χ4v) is 4.02. The Morgan fingerprint density at radius 1 is 1.18 bits per heavy atom. The second-order valence-corrected chi connectivity index (χ2v) is 7.52. The van der Waals surface area contributed by atoms with Crippen LogP contribution in [0.2, 0.25) is 0 Å². The zero-order valence-corrected chi connectivity index (χ0v) is 13.6. The van der Waals surface area contributed by atoms with E-state index in [4.69, 9.17) is 0 Å². The lowest BCUT2D eigenvalue weighted by Crippen LogP contribution is -2.56. The number of nitrogens with one attached hydrogen (secondary N) is 1. The summed E-state index contributed by atoms with van der Waals surface area (Å²) in [6.45, 7) is 8.37. The Labute approximate surface area is 131 Å². The van der Waals surface area contributed by atoms with Gasteiger partial charge in [0, 0.05) is 18.7 Å². The molecule has 1 aromatic rings. The van der Waals surface area contributed by atoms with Gasteiger partial charge in [-0.3, -0.25) is 10.1 Å². The maximum atomic E-state index is 12.4. The molecule has 2 bridgehead atoms. The first kappa shape index (κ1) is 15.1. The lowest BCUT2D eigenvalue weighted by molar-refractivity contribution is 0.000150. The summed E-state index contributed by atoms with van der Waals surface area (Å²) in [4.78, 5) is 26.4. The van der Waals surface area contributed by atoms with Crippen LogP contribution in [-0.2, 0) is 0 Å². The molecule has 2 fully saturated rings. The average Bonchev–Trinajstić information content (AvgIpc) is 2.65. The Morgan fingerprint density at radius 2 is 1.86 bits per heavy atom. The lowest BCUT2D eigenvalue weighted by atomic mass is 9.63. The van der Waals surface area contributed by atoms with Gasteiger partial charge in [-0.15, -0.1) is 0 Å². The summed E-state index contributed by atoms with van der Waals surface area (Å²) in [6, 6.07) is 8.61. The summed E-state index contributed by atoms with van der Waals surface area (Å²) in [7, 11) is 0. The maximum Gasteiger partial charge on any atom is 0.324 e. The van der Waals surface area contributed by atoms with Gasteiger partial charge in [-0.05, 0) is 41.7 Å². The van der Waals surface area contributed by atoms with E-state index < -0.39 is 0 Å². The highest BCUT2D eigenvalue weighted by Gasteiger charge is 2.56. The molecule has 1 aromatic carbocycles. The standard InChI is InChI=1S/C18H24N2O2/c1-17(2)14-9-10-18(17,3)12-20(11-14)16(22)19-15(21)13-7-5-4-6-8-13/h4-8,14H,9-12H2,1-3H3,(H,19,21,22)/t14-,18+/m1/s1. The molecule has 0 unspecified atom stereocenters. The maximum absolute atomic E-state index is 12.4. The predicted molar refractivity (Wildman–Crippen MR) is 85.5 cm³/mol. The zero-order chi connectivity index (χ0) is 16.0. The van der Waals surface area contributed by atoms with Crippen molar-refractivity contribution in [1.82, 2.24) is 10.2 Å². The number of benzene rings is 1. The summed E-state index contributed by atoms with van der Waals surface area (Å²) in [5.74, 6) is 0.191. The Kier molecular flexibility index (Phi) is 3.50. The van der Waals surface area contributed by atoms with E-state index in [-0.39, 0.29) is 22.8 Å². The molecule has 1 N–H and O–H groups in total. The number of hydrogen-bond acceptors (Lipinski definition) is 2.